The Labute approximate surface area is 101 Å². The summed E-state index contributed by atoms with van der Waals surface area (Å²) in [7, 11) is 4.24. The number of nitrogens with one attached hydrogen (secondary N) is 1. The van der Waals surface area contributed by atoms with Crippen molar-refractivity contribution in [2.75, 3.05) is 33.8 Å². The van der Waals surface area contributed by atoms with E-state index in [0.717, 1.165) is 19.7 Å². The number of likely N-dealkylation sites (N-methyl/N-ethyl adjacent to an activating group) is 1. The first-order valence-corrected chi connectivity index (χ1v) is 6.68. The average molecular weight is 228 g/mol. The second kappa shape index (κ2) is 8.04. The number of hydrogen-bond acceptors (Lipinski definition) is 3. The van der Waals surface area contributed by atoms with Crippen molar-refractivity contribution in [2.45, 2.75) is 51.2 Å². The van der Waals surface area contributed by atoms with E-state index in [-0.39, 0.29) is 0 Å². The maximum atomic E-state index is 5.71. The fraction of sp³-hybridized carbons (Fsp3) is 1.00. The Morgan fingerprint density at radius 2 is 2.19 bits per heavy atom. The molecule has 1 fully saturated rings. The van der Waals surface area contributed by atoms with Gasteiger partial charge in [0, 0.05) is 19.2 Å². The van der Waals surface area contributed by atoms with Crippen molar-refractivity contribution < 1.29 is 4.74 Å². The first kappa shape index (κ1) is 13.9. The van der Waals surface area contributed by atoms with Gasteiger partial charge in [-0.1, -0.05) is 0 Å². The summed E-state index contributed by atoms with van der Waals surface area (Å²) in [5.41, 5.74) is 0. The molecule has 0 bridgehead atoms. The predicted molar refractivity (Wildman–Crippen MR) is 68.8 cm³/mol. The van der Waals surface area contributed by atoms with Crippen LogP contribution in [0.15, 0.2) is 0 Å². The van der Waals surface area contributed by atoms with Crippen molar-refractivity contribution in [3.63, 3.8) is 0 Å². The van der Waals surface area contributed by atoms with Gasteiger partial charge in [0.2, 0.25) is 0 Å². The average Bonchev–Trinajstić information content (AvgIpc) is 2.25. The molecule has 0 aromatic rings. The van der Waals surface area contributed by atoms with E-state index in [1.54, 1.807) is 0 Å². The normalized spacial score (nSPS) is 23.6. The Morgan fingerprint density at radius 3 is 2.81 bits per heavy atom. The maximum absolute atomic E-state index is 5.71. The zero-order valence-electron chi connectivity index (χ0n) is 11.2. The van der Waals surface area contributed by atoms with Gasteiger partial charge in [-0.05, 0) is 59.7 Å². The van der Waals surface area contributed by atoms with Gasteiger partial charge in [0.15, 0.2) is 0 Å². The maximum Gasteiger partial charge on any atom is 0.0575 e. The third kappa shape index (κ3) is 6.46. The topological polar surface area (TPSA) is 24.5 Å². The zero-order chi connectivity index (χ0) is 11.8. The number of rotatable bonds is 7. The Kier molecular flexibility index (Phi) is 7.01. The molecule has 1 heterocycles. The minimum Gasteiger partial charge on any atom is -0.378 e. The third-order valence-electron chi connectivity index (χ3n) is 3.11. The van der Waals surface area contributed by atoms with Crippen LogP contribution in [0.2, 0.25) is 0 Å². The first-order chi connectivity index (χ1) is 7.68. The van der Waals surface area contributed by atoms with Crippen molar-refractivity contribution in [1.29, 1.82) is 0 Å². The SMILES string of the molecule is CC(CN(C)C)NCCCC1CCCCO1. The van der Waals surface area contributed by atoms with Crippen molar-refractivity contribution in [2.24, 2.45) is 0 Å². The lowest BCUT2D eigenvalue weighted by Crippen LogP contribution is -2.36. The molecule has 3 heteroatoms. The Hall–Kier alpha value is -0.120. The highest BCUT2D eigenvalue weighted by Gasteiger charge is 2.13. The van der Waals surface area contributed by atoms with Gasteiger partial charge in [0.05, 0.1) is 6.10 Å². The molecule has 2 unspecified atom stereocenters. The molecule has 1 rings (SSSR count). The molecule has 2 atom stereocenters. The molecule has 3 nitrogen and oxygen atoms in total. The number of hydrogen-bond donors (Lipinski definition) is 1. The molecular weight excluding hydrogens is 200 g/mol. The van der Waals surface area contributed by atoms with Gasteiger partial charge in [-0.15, -0.1) is 0 Å². The Bertz CT molecular complexity index is 167. The van der Waals surface area contributed by atoms with Gasteiger partial charge in [0.25, 0.3) is 0 Å². The van der Waals surface area contributed by atoms with Crippen LogP contribution >= 0.6 is 0 Å². The summed E-state index contributed by atoms with van der Waals surface area (Å²) >= 11 is 0. The summed E-state index contributed by atoms with van der Waals surface area (Å²) < 4.78 is 5.71. The summed E-state index contributed by atoms with van der Waals surface area (Å²) in [6, 6.07) is 0.585. The quantitative estimate of drug-likeness (QED) is 0.673. The first-order valence-electron chi connectivity index (χ1n) is 6.68. The van der Waals surface area contributed by atoms with Crippen LogP contribution in [0.4, 0.5) is 0 Å². The van der Waals surface area contributed by atoms with E-state index in [9.17, 15) is 0 Å². The molecule has 0 spiro atoms. The lowest BCUT2D eigenvalue weighted by molar-refractivity contribution is 0.0101. The molecule has 1 N–H and O–H groups in total. The van der Waals surface area contributed by atoms with E-state index in [2.05, 4.69) is 31.2 Å². The Morgan fingerprint density at radius 1 is 1.38 bits per heavy atom. The van der Waals surface area contributed by atoms with Crippen LogP contribution in [-0.2, 0) is 4.74 Å². The smallest absolute Gasteiger partial charge is 0.0575 e. The molecule has 96 valence electrons. The van der Waals surface area contributed by atoms with Crippen LogP contribution in [0, 0.1) is 0 Å². The molecular formula is C13H28N2O. The number of ether oxygens (including phenoxy) is 1. The van der Waals surface area contributed by atoms with Crippen molar-refractivity contribution in [1.82, 2.24) is 10.2 Å². The van der Waals surface area contributed by atoms with Crippen LogP contribution in [0.3, 0.4) is 0 Å². The summed E-state index contributed by atoms with van der Waals surface area (Å²) in [6.07, 6.45) is 6.89. The molecule has 1 aliphatic rings. The van der Waals surface area contributed by atoms with Gasteiger partial charge in [0.1, 0.15) is 0 Å². The van der Waals surface area contributed by atoms with E-state index >= 15 is 0 Å². The molecule has 16 heavy (non-hydrogen) atoms. The summed E-state index contributed by atoms with van der Waals surface area (Å²) in [5, 5.41) is 3.56. The fourth-order valence-corrected chi connectivity index (χ4v) is 2.33. The van der Waals surface area contributed by atoms with Gasteiger partial charge in [-0.2, -0.15) is 0 Å². The highest BCUT2D eigenvalue weighted by molar-refractivity contribution is 4.67. The second-order valence-corrected chi connectivity index (χ2v) is 5.25. The molecule has 0 amide bonds. The van der Waals surface area contributed by atoms with Crippen LogP contribution in [0.25, 0.3) is 0 Å². The molecule has 1 saturated heterocycles. The molecule has 0 aromatic heterocycles. The number of nitrogens with zero attached hydrogens (tertiary/aromatic N) is 1. The highest BCUT2D eigenvalue weighted by Crippen LogP contribution is 2.16. The van der Waals surface area contributed by atoms with Crippen LogP contribution < -0.4 is 5.32 Å². The van der Waals surface area contributed by atoms with Gasteiger partial charge < -0.3 is 15.0 Å². The van der Waals surface area contributed by atoms with Crippen molar-refractivity contribution in [3.05, 3.63) is 0 Å². The van der Waals surface area contributed by atoms with Crippen LogP contribution in [0.5, 0.6) is 0 Å². The molecule has 0 saturated carbocycles. The minimum absolute atomic E-state index is 0.541. The largest absolute Gasteiger partial charge is 0.378 e. The van der Waals surface area contributed by atoms with E-state index in [1.807, 2.05) is 0 Å². The summed E-state index contributed by atoms with van der Waals surface area (Å²) in [4.78, 5) is 2.22. The fourth-order valence-electron chi connectivity index (χ4n) is 2.33. The van der Waals surface area contributed by atoms with E-state index in [0.29, 0.717) is 12.1 Å². The summed E-state index contributed by atoms with van der Waals surface area (Å²) in [6.45, 7) is 5.46. The van der Waals surface area contributed by atoms with E-state index < -0.39 is 0 Å². The zero-order valence-corrected chi connectivity index (χ0v) is 11.2. The molecule has 0 aromatic carbocycles. The summed E-state index contributed by atoms with van der Waals surface area (Å²) in [5.74, 6) is 0. The molecule has 0 radical (unpaired) electrons. The monoisotopic (exact) mass is 228 g/mol. The van der Waals surface area contributed by atoms with Crippen LogP contribution in [-0.4, -0.2) is 50.8 Å². The van der Waals surface area contributed by atoms with Gasteiger partial charge in [-0.25, -0.2) is 0 Å². The van der Waals surface area contributed by atoms with E-state index in [4.69, 9.17) is 4.74 Å². The standard InChI is InChI=1S/C13H28N2O/c1-12(11-15(2)3)14-9-6-8-13-7-4-5-10-16-13/h12-14H,4-11H2,1-3H3. The minimum atomic E-state index is 0.541. The van der Waals surface area contributed by atoms with Crippen LogP contribution in [0.1, 0.15) is 39.0 Å². The Balaban J connectivity index is 1.94. The molecule has 1 aliphatic heterocycles. The highest BCUT2D eigenvalue weighted by atomic mass is 16.5. The van der Waals surface area contributed by atoms with Gasteiger partial charge >= 0.3 is 0 Å². The predicted octanol–water partition coefficient (Wildman–Crippen LogP) is 1.88. The van der Waals surface area contributed by atoms with Crippen molar-refractivity contribution >= 4 is 0 Å². The van der Waals surface area contributed by atoms with Crippen molar-refractivity contribution in [3.8, 4) is 0 Å². The molecule has 0 aliphatic carbocycles. The third-order valence-corrected chi connectivity index (χ3v) is 3.11. The second-order valence-electron chi connectivity index (χ2n) is 5.25. The van der Waals surface area contributed by atoms with Gasteiger partial charge in [-0.3, -0.25) is 0 Å². The van der Waals surface area contributed by atoms with E-state index in [1.165, 1.54) is 32.1 Å². The lowest BCUT2D eigenvalue weighted by atomic mass is 10.0. The lowest BCUT2D eigenvalue weighted by Gasteiger charge is -2.23.